The number of hydrogen-bond acceptors (Lipinski definition) is 0. The number of allylic oxidation sites excluding steroid dienone is 1. The highest BCUT2D eigenvalue weighted by Gasteiger charge is 2.15. The summed E-state index contributed by atoms with van der Waals surface area (Å²) in [5.74, 6) is 0. The Balaban J connectivity index is 1.83. The number of aromatic nitrogens is 1. The van der Waals surface area contributed by atoms with Gasteiger partial charge >= 0.3 is 0 Å². The molecule has 0 saturated heterocycles. The molecule has 0 fully saturated rings. The van der Waals surface area contributed by atoms with E-state index in [0.29, 0.717) is 0 Å². The van der Waals surface area contributed by atoms with Crippen molar-refractivity contribution in [3.8, 4) is 0 Å². The third-order valence-electron chi connectivity index (χ3n) is 3.98. The second kappa shape index (κ2) is 3.86. The maximum absolute atomic E-state index is 3.57. The molecular weight excluding hydrogens is 230 g/mol. The van der Waals surface area contributed by atoms with Crippen molar-refractivity contribution in [1.82, 2.24) is 4.98 Å². The van der Waals surface area contributed by atoms with Gasteiger partial charge in [-0.15, -0.1) is 0 Å². The maximum Gasteiger partial charge on any atom is 0.0488 e. The molecular formula is C18H15N. The fourth-order valence-corrected chi connectivity index (χ4v) is 2.93. The fourth-order valence-electron chi connectivity index (χ4n) is 2.93. The molecule has 0 bridgehead atoms. The summed E-state index contributed by atoms with van der Waals surface area (Å²) >= 11 is 0. The Hall–Kier alpha value is -2.28. The van der Waals surface area contributed by atoms with E-state index in [1.54, 1.807) is 0 Å². The lowest BCUT2D eigenvalue weighted by Crippen LogP contribution is -1.85. The van der Waals surface area contributed by atoms with Crippen molar-refractivity contribution in [2.24, 2.45) is 0 Å². The number of benzene rings is 2. The molecule has 0 radical (unpaired) electrons. The zero-order valence-corrected chi connectivity index (χ0v) is 10.9. The summed E-state index contributed by atoms with van der Waals surface area (Å²) in [6, 6.07) is 17.3. The van der Waals surface area contributed by atoms with Crippen molar-refractivity contribution in [3.05, 3.63) is 70.9 Å². The zero-order chi connectivity index (χ0) is 12.8. The molecule has 1 nitrogen and oxygen atoms in total. The normalized spacial score (nSPS) is 13.6. The largest absolute Gasteiger partial charge is 0.355 e. The third-order valence-corrected chi connectivity index (χ3v) is 3.98. The molecule has 0 atom stereocenters. The average Bonchev–Trinajstić information content (AvgIpc) is 3.02. The van der Waals surface area contributed by atoms with Crippen LogP contribution in [0.5, 0.6) is 0 Å². The molecule has 0 aliphatic heterocycles. The molecule has 2 aromatic carbocycles. The van der Waals surface area contributed by atoms with E-state index in [-0.39, 0.29) is 0 Å². The van der Waals surface area contributed by atoms with Gasteiger partial charge in [0.15, 0.2) is 0 Å². The van der Waals surface area contributed by atoms with Gasteiger partial charge in [-0.3, -0.25) is 0 Å². The topological polar surface area (TPSA) is 15.8 Å². The molecule has 19 heavy (non-hydrogen) atoms. The Morgan fingerprint density at radius 3 is 2.74 bits per heavy atom. The van der Waals surface area contributed by atoms with Gasteiger partial charge in [0.2, 0.25) is 0 Å². The van der Waals surface area contributed by atoms with E-state index in [1.807, 2.05) is 0 Å². The van der Waals surface area contributed by atoms with Crippen LogP contribution in [0.3, 0.4) is 0 Å². The Morgan fingerprint density at radius 2 is 1.89 bits per heavy atom. The second-order valence-electron chi connectivity index (χ2n) is 5.27. The van der Waals surface area contributed by atoms with Gasteiger partial charge in [0, 0.05) is 23.0 Å². The van der Waals surface area contributed by atoms with E-state index in [9.17, 15) is 0 Å². The predicted octanol–water partition coefficient (Wildman–Crippen LogP) is 4.57. The van der Waals surface area contributed by atoms with Crippen LogP contribution < -0.4 is 0 Å². The van der Waals surface area contributed by atoms with Gasteiger partial charge in [-0.05, 0) is 41.3 Å². The van der Waals surface area contributed by atoms with Gasteiger partial charge in [0.05, 0.1) is 0 Å². The van der Waals surface area contributed by atoms with Gasteiger partial charge in [0.25, 0.3) is 0 Å². The molecule has 1 aliphatic carbocycles. The Kier molecular flexibility index (Phi) is 2.16. The SMILES string of the molecule is Cc1cccc2cc(C3=Cc4ccccc4C3)[nH]c12. The Labute approximate surface area is 112 Å². The lowest BCUT2D eigenvalue weighted by atomic mass is 10.1. The second-order valence-corrected chi connectivity index (χ2v) is 5.27. The molecule has 1 heterocycles. The molecule has 1 N–H and O–H groups in total. The zero-order valence-electron chi connectivity index (χ0n) is 10.9. The number of aromatic amines is 1. The van der Waals surface area contributed by atoms with Crippen LogP contribution in [0.25, 0.3) is 22.6 Å². The van der Waals surface area contributed by atoms with Crippen LogP contribution >= 0.6 is 0 Å². The highest BCUT2D eigenvalue weighted by Crippen LogP contribution is 2.32. The van der Waals surface area contributed by atoms with Crippen LogP contribution in [0.15, 0.2) is 48.5 Å². The maximum atomic E-state index is 3.57. The Morgan fingerprint density at radius 1 is 1.00 bits per heavy atom. The Bertz CT molecular complexity index is 805. The van der Waals surface area contributed by atoms with Gasteiger partial charge < -0.3 is 4.98 Å². The number of aryl methyl sites for hydroxylation is 1. The van der Waals surface area contributed by atoms with Gasteiger partial charge in [0.1, 0.15) is 0 Å². The smallest absolute Gasteiger partial charge is 0.0488 e. The summed E-state index contributed by atoms with van der Waals surface area (Å²) in [5, 5.41) is 1.30. The lowest BCUT2D eigenvalue weighted by molar-refractivity contribution is 1.27. The first kappa shape index (κ1) is 10.6. The predicted molar refractivity (Wildman–Crippen MR) is 81.1 cm³/mol. The van der Waals surface area contributed by atoms with Crippen molar-refractivity contribution in [3.63, 3.8) is 0 Å². The van der Waals surface area contributed by atoms with Crippen LogP contribution in [-0.2, 0) is 6.42 Å². The summed E-state index contributed by atoms with van der Waals surface area (Å²) in [6.45, 7) is 2.15. The summed E-state index contributed by atoms with van der Waals surface area (Å²) in [7, 11) is 0. The van der Waals surface area contributed by atoms with Gasteiger partial charge in [-0.2, -0.15) is 0 Å². The van der Waals surface area contributed by atoms with Crippen molar-refractivity contribution in [1.29, 1.82) is 0 Å². The molecule has 4 rings (SSSR count). The number of para-hydroxylation sites is 1. The minimum absolute atomic E-state index is 1.03. The highest BCUT2D eigenvalue weighted by atomic mass is 14.7. The molecule has 1 aliphatic rings. The number of hydrogen-bond donors (Lipinski definition) is 1. The minimum atomic E-state index is 1.03. The minimum Gasteiger partial charge on any atom is -0.355 e. The first-order valence-corrected chi connectivity index (χ1v) is 6.68. The molecule has 1 aromatic heterocycles. The van der Waals surface area contributed by atoms with E-state index in [0.717, 1.165) is 6.42 Å². The van der Waals surface area contributed by atoms with Crippen LogP contribution in [-0.4, -0.2) is 4.98 Å². The van der Waals surface area contributed by atoms with E-state index in [4.69, 9.17) is 0 Å². The number of H-pyrrole nitrogens is 1. The van der Waals surface area contributed by atoms with Crippen molar-refractivity contribution in [2.75, 3.05) is 0 Å². The van der Waals surface area contributed by atoms with Crippen molar-refractivity contribution >= 4 is 22.6 Å². The summed E-state index contributed by atoms with van der Waals surface area (Å²) in [4.78, 5) is 3.57. The number of rotatable bonds is 1. The van der Waals surface area contributed by atoms with Crippen molar-refractivity contribution in [2.45, 2.75) is 13.3 Å². The van der Waals surface area contributed by atoms with E-state index in [2.05, 4.69) is 66.5 Å². The van der Waals surface area contributed by atoms with Crippen LogP contribution in [0, 0.1) is 6.92 Å². The summed E-state index contributed by atoms with van der Waals surface area (Å²) in [5.41, 5.74) is 7.98. The molecule has 0 saturated carbocycles. The molecule has 0 spiro atoms. The number of nitrogens with one attached hydrogen (secondary N) is 1. The average molecular weight is 245 g/mol. The van der Waals surface area contributed by atoms with Crippen molar-refractivity contribution < 1.29 is 0 Å². The lowest BCUT2D eigenvalue weighted by Gasteiger charge is -1.98. The summed E-state index contributed by atoms with van der Waals surface area (Å²) < 4.78 is 0. The fraction of sp³-hybridized carbons (Fsp3) is 0.111. The monoisotopic (exact) mass is 245 g/mol. The van der Waals surface area contributed by atoms with E-state index in [1.165, 1.54) is 38.9 Å². The van der Waals surface area contributed by atoms with Gasteiger partial charge in [-0.25, -0.2) is 0 Å². The number of fused-ring (bicyclic) bond motifs is 2. The van der Waals surface area contributed by atoms with E-state index < -0.39 is 0 Å². The van der Waals surface area contributed by atoms with Crippen LogP contribution in [0.4, 0.5) is 0 Å². The van der Waals surface area contributed by atoms with Gasteiger partial charge in [-0.1, -0.05) is 42.5 Å². The molecule has 0 amide bonds. The first-order valence-electron chi connectivity index (χ1n) is 6.68. The van der Waals surface area contributed by atoms with Crippen LogP contribution in [0.1, 0.15) is 22.4 Å². The summed E-state index contributed by atoms with van der Waals surface area (Å²) in [6.07, 6.45) is 3.33. The van der Waals surface area contributed by atoms with Crippen LogP contribution in [0.2, 0.25) is 0 Å². The quantitative estimate of drug-likeness (QED) is 0.646. The highest BCUT2D eigenvalue weighted by molar-refractivity contribution is 5.93. The van der Waals surface area contributed by atoms with E-state index >= 15 is 0 Å². The molecule has 3 aromatic rings. The molecule has 92 valence electrons. The first-order chi connectivity index (χ1) is 9.31. The third kappa shape index (κ3) is 1.62. The standard InChI is InChI=1S/C18H15N/c1-12-5-4-8-15-11-17(19-18(12)15)16-9-13-6-2-3-7-14(13)10-16/h2-9,11,19H,10H2,1H3. The molecule has 1 heteroatoms. The molecule has 0 unspecified atom stereocenters.